The van der Waals surface area contributed by atoms with Crippen molar-refractivity contribution in [2.24, 2.45) is 0 Å². The summed E-state index contributed by atoms with van der Waals surface area (Å²) in [7, 11) is 1.29. The van der Waals surface area contributed by atoms with Gasteiger partial charge in [0.25, 0.3) is 0 Å². The summed E-state index contributed by atoms with van der Waals surface area (Å²) in [5.41, 5.74) is 0.526. The molecule has 5 heteroatoms. The molecule has 0 N–H and O–H groups in total. The number of carbonyl (C=O) groups is 1. The number of halogens is 2. The van der Waals surface area contributed by atoms with Crippen LogP contribution in [0.2, 0.25) is 0 Å². The van der Waals surface area contributed by atoms with Crippen LogP contribution in [0.4, 0.5) is 8.78 Å². The molecule has 0 saturated heterocycles. The van der Waals surface area contributed by atoms with Crippen molar-refractivity contribution in [1.82, 2.24) is 0 Å². The van der Waals surface area contributed by atoms with Crippen molar-refractivity contribution in [1.29, 1.82) is 0 Å². The van der Waals surface area contributed by atoms with E-state index in [-0.39, 0.29) is 10.9 Å². The average molecular weight is 272 g/mol. The molecule has 2 nitrogen and oxygen atoms in total. The van der Waals surface area contributed by atoms with Crippen molar-refractivity contribution >= 4 is 23.0 Å². The smallest absolute Gasteiger partial charge is 0.200 e. The van der Waals surface area contributed by atoms with Crippen LogP contribution in [-0.4, -0.2) is 18.0 Å². The third-order valence-corrected chi connectivity index (χ3v) is 2.98. The summed E-state index contributed by atoms with van der Waals surface area (Å²) in [4.78, 5) is 10.7. The van der Waals surface area contributed by atoms with Crippen molar-refractivity contribution in [2.45, 2.75) is 13.3 Å². The van der Waals surface area contributed by atoms with Gasteiger partial charge in [0.05, 0.1) is 7.11 Å². The van der Waals surface area contributed by atoms with Gasteiger partial charge in [-0.15, -0.1) is 0 Å². The molecule has 0 amide bonds. The van der Waals surface area contributed by atoms with Crippen LogP contribution >= 0.6 is 11.8 Å². The second kappa shape index (κ2) is 7.16. The first-order valence-electron chi connectivity index (χ1n) is 5.37. The molecule has 0 radical (unpaired) electrons. The number of methoxy groups -OCH3 is 1. The number of benzene rings is 1. The van der Waals surface area contributed by atoms with E-state index in [9.17, 15) is 13.6 Å². The first kappa shape index (κ1) is 14.7. The molecular formula is C13H14F2O2S. The zero-order chi connectivity index (χ0) is 13.5. The Bertz CT molecular complexity index is 459. The molecule has 0 aromatic heterocycles. The van der Waals surface area contributed by atoms with Gasteiger partial charge in [-0.3, -0.25) is 4.79 Å². The second-order valence-corrected chi connectivity index (χ2v) is 4.82. The van der Waals surface area contributed by atoms with Crippen molar-refractivity contribution in [3.63, 3.8) is 0 Å². The Morgan fingerprint density at radius 2 is 2.17 bits per heavy atom. The highest BCUT2D eigenvalue weighted by molar-refractivity contribution is 8.13. The Kier molecular flexibility index (Phi) is 5.85. The van der Waals surface area contributed by atoms with Crippen LogP contribution in [0.5, 0.6) is 5.75 Å². The molecule has 0 aliphatic carbocycles. The van der Waals surface area contributed by atoms with Crippen molar-refractivity contribution in [3.05, 3.63) is 35.4 Å². The first-order valence-corrected chi connectivity index (χ1v) is 6.36. The molecular weight excluding hydrogens is 258 g/mol. The number of ether oxygens (including phenoxy) is 1. The Morgan fingerprint density at radius 3 is 2.78 bits per heavy atom. The third kappa shape index (κ3) is 4.49. The maximum Gasteiger partial charge on any atom is 0.200 e. The van der Waals surface area contributed by atoms with E-state index < -0.39 is 11.6 Å². The highest BCUT2D eigenvalue weighted by Crippen LogP contribution is 2.22. The van der Waals surface area contributed by atoms with E-state index >= 15 is 0 Å². The predicted octanol–water partition coefficient (Wildman–Crippen LogP) is 3.66. The van der Waals surface area contributed by atoms with Crippen molar-refractivity contribution in [2.75, 3.05) is 12.9 Å². The summed E-state index contributed by atoms with van der Waals surface area (Å²) in [6, 6.07) is 2.53. The van der Waals surface area contributed by atoms with E-state index in [1.54, 1.807) is 6.08 Å². The van der Waals surface area contributed by atoms with Crippen molar-refractivity contribution in [3.8, 4) is 5.75 Å². The SMILES string of the molecule is COc1cc(C=CCCSC(C)=O)cc(F)c1F. The quantitative estimate of drug-likeness (QED) is 0.765. The van der Waals surface area contributed by atoms with Crippen LogP contribution in [-0.2, 0) is 4.79 Å². The lowest BCUT2D eigenvalue weighted by Crippen LogP contribution is -1.93. The minimum absolute atomic E-state index is 0.0675. The van der Waals surface area contributed by atoms with Gasteiger partial charge in [0.15, 0.2) is 16.7 Å². The molecule has 0 aliphatic heterocycles. The maximum absolute atomic E-state index is 13.2. The fourth-order valence-corrected chi connectivity index (χ4v) is 1.86. The van der Waals surface area contributed by atoms with Crippen LogP contribution in [0.15, 0.2) is 18.2 Å². The van der Waals surface area contributed by atoms with Gasteiger partial charge >= 0.3 is 0 Å². The highest BCUT2D eigenvalue weighted by Gasteiger charge is 2.09. The molecule has 0 spiro atoms. The molecule has 0 aliphatic rings. The molecule has 0 bridgehead atoms. The van der Waals surface area contributed by atoms with Gasteiger partial charge in [-0.05, 0) is 24.1 Å². The Labute approximate surface area is 109 Å². The predicted molar refractivity (Wildman–Crippen MR) is 69.7 cm³/mol. The number of rotatable bonds is 5. The molecule has 0 unspecified atom stereocenters. The van der Waals surface area contributed by atoms with Gasteiger partial charge in [-0.25, -0.2) is 4.39 Å². The zero-order valence-corrected chi connectivity index (χ0v) is 11.0. The van der Waals surface area contributed by atoms with Crippen LogP contribution in [0.25, 0.3) is 6.08 Å². The van der Waals surface area contributed by atoms with E-state index in [0.29, 0.717) is 17.7 Å². The lowest BCUT2D eigenvalue weighted by molar-refractivity contribution is -0.109. The van der Waals surface area contributed by atoms with Crippen LogP contribution < -0.4 is 4.74 Å². The molecule has 18 heavy (non-hydrogen) atoms. The number of hydrogen-bond acceptors (Lipinski definition) is 3. The van der Waals surface area contributed by atoms with E-state index in [2.05, 4.69) is 0 Å². The van der Waals surface area contributed by atoms with E-state index in [1.165, 1.54) is 31.9 Å². The first-order chi connectivity index (χ1) is 8.54. The minimum atomic E-state index is -0.984. The summed E-state index contributed by atoms with van der Waals surface area (Å²) in [5.74, 6) is -1.37. The van der Waals surface area contributed by atoms with Gasteiger partial charge < -0.3 is 4.74 Å². The topological polar surface area (TPSA) is 26.3 Å². The van der Waals surface area contributed by atoms with E-state index in [4.69, 9.17) is 4.74 Å². The Hall–Kier alpha value is -1.36. The van der Waals surface area contributed by atoms with Gasteiger partial charge in [0, 0.05) is 12.7 Å². The molecule has 98 valence electrons. The summed E-state index contributed by atoms with van der Waals surface area (Å²) in [6.45, 7) is 1.51. The van der Waals surface area contributed by atoms with Gasteiger partial charge in [0.1, 0.15) is 0 Å². The van der Waals surface area contributed by atoms with Crippen LogP contribution in [0.3, 0.4) is 0 Å². The lowest BCUT2D eigenvalue weighted by Gasteiger charge is -2.04. The molecule has 0 fully saturated rings. The summed E-state index contributed by atoms with van der Waals surface area (Å²) < 4.78 is 31.0. The molecule has 1 aromatic rings. The fraction of sp³-hybridized carbons (Fsp3) is 0.308. The van der Waals surface area contributed by atoms with Crippen molar-refractivity contribution < 1.29 is 18.3 Å². The van der Waals surface area contributed by atoms with Gasteiger partial charge in [-0.2, -0.15) is 4.39 Å². The average Bonchev–Trinajstić information content (AvgIpc) is 2.32. The largest absolute Gasteiger partial charge is 0.494 e. The number of carbonyl (C=O) groups excluding carboxylic acids is 1. The second-order valence-electron chi connectivity index (χ2n) is 3.55. The summed E-state index contributed by atoms with van der Waals surface area (Å²) in [6.07, 6.45) is 4.17. The van der Waals surface area contributed by atoms with E-state index in [1.807, 2.05) is 6.08 Å². The summed E-state index contributed by atoms with van der Waals surface area (Å²) >= 11 is 1.23. The lowest BCUT2D eigenvalue weighted by atomic mass is 10.2. The fourth-order valence-electron chi connectivity index (χ4n) is 1.32. The maximum atomic E-state index is 13.2. The van der Waals surface area contributed by atoms with Gasteiger partial charge in [0.2, 0.25) is 5.82 Å². The number of allylic oxidation sites excluding steroid dienone is 1. The monoisotopic (exact) mass is 272 g/mol. The molecule has 0 heterocycles. The van der Waals surface area contributed by atoms with E-state index in [0.717, 1.165) is 6.07 Å². The number of hydrogen-bond donors (Lipinski definition) is 0. The molecule has 0 atom stereocenters. The van der Waals surface area contributed by atoms with Crippen LogP contribution in [0.1, 0.15) is 18.9 Å². The Balaban J connectivity index is 2.64. The molecule has 1 rings (SSSR count). The molecule has 0 saturated carbocycles. The highest BCUT2D eigenvalue weighted by atomic mass is 32.2. The van der Waals surface area contributed by atoms with Gasteiger partial charge in [-0.1, -0.05) is 23.9 Å². The molecule has 1 aromatic carbocycles. The summed E-state index contributed by atoms with van der Waals surface area (Å²) in [5, 5.41) is 0.0675. The zero-order valence-electron chi connectivity index (χ0n) is 10.2. The Morgan fingerprint density at radius 1 is 1.44 bits per heavy atom. The third-order valence-electron chi connectivity index (χ3n) is 2.14. The standard InChI is InChI=1S/C13H14F2O2S/c1-9(16)18-6-4-3-5-10-7-11(14)13(15)12(8-10)17-2/h3,5,7-8H,4,6H2,1-2H3. The number of thioether (sulfide) groups is 1. The minimum Gasteiger partial charge on any atom is -0.494 e. The normalized spacial score (nSPS) is 10.9. The van der Waals surface area contributed by atoms with Crippen LogP contribution in [0, 0.1) is 11.6 Å².